The van der Waals surface area contributed by atoms with Gasteiger partial charge in [-0.05, 0) is 44.2 Å². The standard InChI is InChI=1S/C35H38N4O5.Mg/c1-8-19-15(3)22-12-24-17(5)21(10-11-28(40)41)32(38-24)30-31(35(43)44-7)34(42)29-18(6)25(39-33(29)30)14-27-20(9-2)16(4)23(37-27)13-26(19)36-22;/h8,12-14,16-17,20-21,31H,1,9-11H2,2-7H3,(H3,36,37,38,39,40,41,42);/q;+2/p-3/t16-,17+,20-,21+,31-;/m1./s1. The smallest absolute Gasteiger partial charge is 0.657 e. The van der Waals surface area contributed by atoms with Gasteiger partial charge in [0, 0.05) is 58.0 Å². The molecule has 6 rings (SSSR count). The van der Waals surface area contributed by atoms with Crippen LogP contribution in [0, 0.1) is 13.8 Å². The summed E-state index contributed by atoms with van der Waals surface area (Å²) in [4.78, 5) is 58.8. The van der Waals surface area contributed by atoms with Gasteiger partial charge in [-0.15, -0.1) is 22.1 Å². The van der Waals surface area contributed by atoms with Crippen LogP contribution in [0.1, 0.15) is 125 Å². The van der Waals surface area contributed by atoms with Crippen LogP contribution in [0.3, 0.4) is 0 Å². The van der Waals surface area contributed by atoms with Crippen molar-refractivity contribution in [3.63, 3.8) is 0 Å². The predicted molar refractivity (Wildman–Crippen MR) is 170 cm³/mol. The van der Waals surface area contributed by atoms with Crippen molar-refractivity contribution >= 4 is 68.9 Å². The van der Waals surface area contributed by atoms with E-state index in [1.165, 1.54) is 7.11 Å². The zero-order valence-electron chi connectivity index (χ0n) is 26.6. The van der Waals surface area contributed by atoms with Gasteiger partial charge in [0.05, 0.1) is 7.11 Å². The number of carboxylic acids is 1. The number of aliphatic carboxylic acids is 1. The molecule has 0 unspecified atom stereocenters. The van der Waals surface area contributed by atoms with Gasteiger partial charge in [-0.25, -0.2) is 0 Å². The number of esters is 1. The van der Waals surface area contributed by atoms with Crippen molar-refractivity contribution in [1.29, 1.82) is 0 Å². The summed E-state index contributed by atoms with van der Waals surface area (Å²) in [5.41, 5.74) is 8.76. The van der Waals surface area contributed by atoms with Crippen LogP contribution >= 0.6 is 0 Å². The Morgan fingerprint density at radius 2 is 1.60 bits per heavy atom. The molecule has 0 aromatic carbocycles. The van der Waals surface area contributed by atoms with E-state index in [2.05, 4.69) is 20.4 Å². The Balaban J connectivity index is 0.00000400. The maximum absolute atomic E-state index is 14.0. The number of Topliss-reactive ketones (excluding diaryl/α,β-unsaturated/α-hetero) is 1. The van der Waals surface area contributed by atoms with Crippen LogP contribution in [0.2, 0.25) is 0 Å². The number of fused-ring (bicyclic) bond motifs is 8. The molecule has 8 bridgehead atoms. The first-order valence-electron chi connectivity index (χ1n) is 15.1. The summed E-state index contributed by atoms with van der Waals surface area (Å²) < 4.78 is 5.11. The number of rotatable bonds is 6. The van der Waals surface area contributed by atoms with Crippen molar-refractivity contribution in [3.8, 4) is 0 Å². The van der Waals surface area contributed by atoms with E-state index >= 15 is 0 Å². The Hall–Kier alpha value is -3.76. The van der Waals surface area contributed by atoms with E-state index in [4.69, 9.17) is 24.7 Å². The van der Waals surface area contributed by atoms with E-state index in [1.807, 2.05) is 39.0 Å². The van der Waals surface area contributed by atoms with E-state index in [0.29, 0.717) is 39.1 Å². The number of methoxy groups -OCH3 is 1. The second kappa shape index (κ2) is 12.2. The van der Waals surface area contributed by atoms with Gasteiger partial charge in [0.2, 0.25) is 0 Å². The number of carboxylic acid groups (broad SMARTS) is 1. The van der Waals surface area contributed by atoms with E-state index in [0.717, 1.165) is 40.0 Å². The predicted octanol–water partition coefficient (Wildman–Crippen LogP) is 4.62. The first-order chi connectivity index (χ1) is 21.0. The Labute approximate surface area is 278 Å². The van der Waals surface area contributed by atoms with Crippen LogP contribution in [0.5, 0.6) is 0 Å². The van der Waals surface area contributed by atoms with Gasteiger partial charge in [0.15, 0.2) is 5.78 Å². The summed E-state index contributed by atoms with van der Waals surface area (Å²) in [6, 6.07) is 5.89. The number of hydrogen-bond donors (Lipinski definition) is 0. The molecule has 228 valence electrons. The summed E-state index contributed by atoms with van der Waals surface area (Å²) in [6.45, 7) is 14.1. The van der Waals surface area contributed by atoms with Crippen LogP contribution in [0.15, 0.2) is 24.8 Å². The van der Waals surface area contributed by atoms with Crippen LogP contribution < -0.4 is 15.1 Å². The van der Waals surface area contributed by atoms with Gasteiger partial charge in [-0.2, -0.15) is 0 Å². The van der Waals surface area contributed by atoms with Crippen molar-refractivity contribution in [2.45, 2.75) is 83.5 Å². The van der Waals surface area contributed by atoms with Gasteiger partial charge in [-0.3, -0.25) is 19.6 Å². The fraction of sp³-hybridized carbons (Fsp3) is 0.400. The van der Waals surface area contributed by atoms with Crippen LogP contribution in [0.4, 0.5) is 0 Å². The number of hydrogen-bond acceptors (Lipinski definition) is 7. The third kappa shape index (κ3) is 5.12. The maximum atomic E-state index is 14.0. The Morgan fingerprint density at radius 1 is 0.978 bits per heavy atom. The fourth-order valence-electron chi connectivity index (χ4n) is 7.27. The number of carbonyl (C=O) groups excluding carboxylic acids is 3. The molecular formula is C35H35MgN4O5-. The molecule has 0 spiro atoms. The molecule has 3 aromatic heterocycles. The van der Waals surface area contributed by atoms with Crippen molar-refractivity contribution in [1.82, 2.24) is 19.9 Å². The van der Waals surface area contributed by atoms with Crippen LogP contribution in [-0.2, 0) is 14.3 Å². The number of ketones is 1. The van der Waals surface area contributed by atoms with Gasteiger partial charge in [0.1, 0.15) is 5.92 Å². The molecule has 10 heteroatoms. The maximum Gasteiger partial charge on any atom is 2.00 e. The minimum absolute atomic E-state index is 0. The molecule has 0 saturated carbocycles. The number of carbonyl (C=O) groups is 3. The number of ether oxygens (including phenoxy) is 1. The normalized spacial score (nSPS) is 21.8. The van der Waals surface area contributed by atoms with Crippen molar-refractivity contribution in [3.05, 3.63) is 75.4 Å². The molecule has 0 radical (unpaired) electrons. The molecule has 0 N–H and O–H groups in total. The van der Waals surface area contributed by atoms with E-state index < -0.39 is 23.8 Å². The largest absolute Gasteiger partial charge is 2.00 e. The molecule has 5 heterocycles. The molecule has 45 heavy (non-hydrogen) atoms. The molecule has 0 saturated heterocycles. The molecule has 2 aliphatic heterocycles. The topological polar surface area (TPSA) is 137 Å². The molecule has 0 fully saturated rings. The average molecular weight is 616 g/mol. The monoisotopic (exact) mass is 615 g/mol. The number of aromatic nitrogens is 4. The third-order valence-corrected chi connectivity index (χ3v) is 9.83. The molecular weight excluding hydrogens is 581 g/mol. The number of nitrogens with zero attached hydrogens (tertiary/aromatic N) is 4. The molecule has 9 nitrogen and oxygen atoms in total. The molecule has 1 aliphatic carbocycles. The van der Waals surface area contributed by atoms with E-state index in [9.17, 15) is 19.5 Å². The zero-order chi connectivity index (χ0) is 31.6. The Bertz CT molecular complexity index is 1920. The summed E-state index contributed by atoms with van der Waals surface area (Å²) in [5.74, 6) is -3.85. The van der Waals surface area contributed by atoms with Crippen molar-refractivity contribution in [2.24, 2.45) is 0 Å². The first kappa shape index (κ1) is 32.6. The minimum Gasteiger partial charge on any atom is -0.657 e. The molecule has 0 amide bonds. The quantitative estimate of drug-likeness (QED) is 0.221. The van der Waals surface area contributed by atoms with Crippen LogP contribution in [0.25, 0.3) is 28.1 Å². The zero-order valence-corrected chi connectivity index (χ0v) is 28.0. The summed E-state index contributed by atoms with van der Waals surface area (Å²) in [7, 11) is 1.25. The van der Waals surface area contributed by atoms with Gasteiger partial charge >= 0.3 is 29.0 Å². The second-order valence-corrected chi connectivity index (χ2v) is 12.1. The van der Waals surface area contributed by atoms with Gasteiger partial charge in [-0.1, -0.05) is 62.8 Å². The Kier molecular flexibility index (Phi) is 8.85. The van der Waals surface area contributed by atoms with Crippen molar-refractivity contribution < 1.29 is 24.2 Å². The molecule has 3 aliphatic rings. The van der Waals surface area contributed by atoms with Gasteiger partial charge < -0.3 is 24.6 Å². The third-order valence-electron chi connectivity index (χ3n) is 9.83. The van der Waals surface area contributed by atoms with Gasteiger partial charge in [0.25, 0.3) is 0 Å². The van der Waals surface area contributed by atoms with Crippen molar-refractivity contribution in [2.75, 3.05) is 7.11 Å². The average Bonchev–Trinajstić information content (AvgIpc) is 3.72. The number of aryl methyl sites for hydroxylation is 2. The summed E-state index contributed by atoms with van der Waals surface area (Å²) >= 11 is 0. The van der Waals surface area contributed by atoms with Crippen LogP contribution in [-0.4, -0.2) is 57.9 Å². The SMILES string of the molecule is C=Cc1c(C)c2cc3nc(c4c5[n-]c(cc6nc(cc1[n-]2)[C@H](C)[C@H]6CC)c(C)c5C(=O)[C@@H]4C(=O)OC)[C@@H](CCC(=O)[O-])[C@@H]3C.[Mg+2]. The first-order valence-corrected chi connectivity index (χ1v) is 15.1. The second-order valence-electron chi connectivity index (χ2n) is 12.1. The molecule has 3 aromatic rings. The fourth-order valence-corrected chi connectivity index (χ4v) is 7.27. The minimum atomic E-state index is -1.24. The summed E-state index contributed by atoms with van der Waals surface area (Å²) in [5, 5.41) is 11.6. The van der Waals surface area contributed by atoms with E-state index in [1.54, 1.807) is 6.08 Å². The molecule has 5 atom stereocenters. The Morgan fingerprint density at radius 3 is 2.24 bits per heavy atom. The summed E-state index contributed by atoms with van der Waals surface area (Å²) in [6.07, 6.45) is 2.68. The van der Waals surface area contributed by atoms with E-state index in [-0.39, 0.29) is 59.4 Å².